The van der Waals surface area contributed by atoms with Gasteiger partial charge in [-0.1, -0.05) is 170 Å². The van der Waals surface area contributed by atoms with E-state index >= 15 is 0 Å². The molecule has 0 bridgehead atoms. The Morgan fingerprint density at radius 1 is 0.429 bits per heavy atom. The molecule has 0 aliphatic heterocycles. The third-order valence-corrected chi connectivity index (χ3v) is 12.8. The van der Waals surface area contributed by atoms with Crippen LogP contribution in [0, 0.1) is 0 Å². The number of benzene rings is 7. The average molecular weight is 761 g/mol. The van der Waals surface area contributed by atoms with Crippen LogP contribution in [0.2, 0.25) is 0 Å². The van der Waals surface area contributed by atoms with Gasteiger partial charge < -0.3 is 5.11 Å². The van der Waals surface area contributed by atoms with E-state index < -0.39 is 15.8 Å². The maximum atomic E-state index is 9.19. The first-order chi connectivity index (χ1) is 23.7. The van der Waals surface area contributed by atoms with Crippen molar-refractivity contribution in [1.29, 1.82) is 0 Å². The van der Waals surface area contributed by atoms with Crippen molar-refractivity contribution in [3.05, 3.63) is 224 Å². The molecule has 7 aromatic rings. The number of para-hydroxylation sites is 1. The molecule has 1 nitrogen and oxygen atoms in total. The molecule has 7 aromatic carbocycles. The predicted octanol–water partition coefficient (Wildman–Crippen LogP) is 8.74. The molecule has 0 aliphatic carbocycles. The van der Waals surface area contributed by atoms with Gasteiger partial charge in [-0.3, -0.25) is 0 Å². The van der Waals surface area contributed by atoms with Crippen LogP contribution < -0.4 is 31.8 Å². The topological polar surface area (TPSA) is 20.2 Å². The molecule has 0 aromatic heterocycles. The second-order valence-electron chi connectivity index (χ2n) is 10.9. The fourth-order valence-electron chi connectivity index (χ4n) is 5.33. The number of phenolic OH excluding ortho intramolecular Hbond substituents is 1. The molecule has 0 radical (unpaired) electrons. The predicted molar refractivity (Wildman–Crippen MR) is 214 cm³/mol. The molecule has 0 amide bonds. The molecule has 0 fully saturated rings. The molecular formula is C45H41OP2Ru+. The Morgan fingerprint density at radius 2 is 0.714 bits per heavy atom. The number of allylic oxidation sites excluding steroid dienone is 1. The van der Waals surface area contributed by atoms with Gasteiger partial charge in [0.15, 0.2) is 0 Å². The Balaban J connectivity index is 0.000000172. The van der Waals surface area contributed by atoms with Gasteiger partial charge in [-0.2, -0.15) is 0 Å². The maximum Gasteiger partial charge on any atom is 0.119 e. The van der Waals surface area contributed by atoms with Crippen molar-refractivity contribution in [3.63, 3.8) is 0 Å². The van der Waals surface area contributed by atoms with E-state index in [0.29, 0.717) is 5.75 Å². The molecule has 0 saturated carbocycles. The monoisotopic (exact) mass is 761 g/mol. The molecule has 0 heterocycles. The van der Waals surface area contributed by atoms with Gasteiger partial charge in [-0.15, -0.1) is 6.58 Å². The summed E-state index contributed by atoms with van der Waals surface area (Å²) in [7, 11) is -1.32. The van der Waals surface area contributed by atoms with E-state index in [4.69, 9.17) is 0 Å². The summed E-state index contributed by atoms with van der Waals surface area (Å²) in [6.07, 6.45) is 2.50. The summed E-state index contributed by atoms with van der Waals surface area (Å²) in [5, 5.41) is 17.7. The van der Waals surface area contributed by atoms with Crippen LogP contribution in [-0.2, 0) is 25.9 Å². The molecular weight excluding hydrogens is 720 g/mol. The van der Waals surface area contributed by atoms with E-state index in [9.17, 15) is 5.11 Å². The van der Waals surface area contributed by atoms with Gasteiger partial charge in [-0.25, -0.2) is 0 Å². The molecule has 244 valence electrons. The van der Waals surface area contributed by atoms with E-state index in [-0.39, 0.29) is 19.5 Å². The fourth-order valence-corrected chi connectivity index (χ4v) is 10.2. The first kappa shape index (κ1) is 37.4. The largest absolute Gasteiger partial charge is 0.508 e. The molecule has 49 heavy (non-hydrogen) atoms. The Morgan fingerprint density at radius 3 is 1.02 bits per heavy atom. The normalized spacial score (nSPS) is 10.1. The molecule has 0 aliphatic rings. The SMILES string of the molecule is C=CCc1ccccc1O.[Ru].c1ccc(P(c2ccccc2)c2ccccc2)cc1.c1ccc([PH+](c2ccccc2)c2ccccc2)cc1. The zero-order chi connectivity index (χ0) is 33.2. The van der Waals surface area contributed by atoms with E-state index in [1.165, 1.54) is 31.8 Å². The quantitative estimate of drug-likeness (QED) is 0.0934. The molecule has 0 spiro atoms. The van der Waals surface area contributed by atoms with Crippen LogP contribution in [0.3, 0.4) is 0 Å². The summed E-state index contributed by atoms with van der Waals surface area (Å²) in [4.78, 5) is 0. The number of aromatic hydroxyl groups is 1. The Kier molecular flexibility index (Phi) is 15.9. The minimum Gasteiger partial charge on any atom is -0.508 e. The van der Waals surface area contributed by atoms with Gasteiger partial charge in [-0.05, 0) is 78.3 Å². The number of hydrogen-bond donors (Lipinski definition) is 1. The average Bonchev–Trinajstić information content (AvgIpc) is 3.16. The first-order valence-electron chi connectivity index (χ1n) is 16.1. The third kappa shape index (κ3) is 11.3. The second-order valence-corrected chi connectivity index (χ2v) is 15.6. The summed E-state index contributed by atoms with van der Waals surface area (Å²) in [6.45, 7) is 3.59. The number of hydrogen-bond acceptors (Lipinski definition) is 1. The van der Waals surface area contributed by atoms with E-state index in [0.717, 1.165) is 12.0 Å². The van der Waals surface area contributed by atoms with E-state index in [1.54, 1.807) is 12.1 Å². The van der Waals surface area contributed by atoms with Gasteiger partial charge in [0.1, 0.15) is 21.7 Å². The summed E-state index contributed by atoms with van der Waals surface area (Å²) < 4.78 is 0. The van der Waals surface area contributed by atoms with Crippen molar-refractivity contribution < 1.29 is 24.6 Å². The molecule has 0 unspecified atom stereocenters. The van der Waals surface area contributed by atoms with Crippen molar-refractivity contribution in [3.8, 4) is 5.75 Å². The fraction of sp³-hybridized carbons (Fsp3) is 0.0222. The standard InChI is InChI=1S/2C18H15P.C9H10O.Ru/c2*1-4-10-16(11-5-1)19(17-12-6-2-7-13-17)18-14-8-3-9-15-18;1-2-5-8-6-3-4-7-9(8)10;/h2*1-15H;2-4,6-7,10H,1,5H2;/p+1. The number of rotatable bonds is 8. The van der Waals surface area contributed by atoms with Crippen LogP contribution in [0.4, 0.5) is 0 Å². The Hall–Kier alpha value is -4.44. The van der Waals surface area contributed by atoms with Crippen molar-refractivity contribution in [1.82, 2.24) is 0 Å². The molecule has 1 N–H and O–H groups in total. The van der Waals surface area contributed by atoms with Crippen LogP contribution in [0.25, 0.3) is 0 Å². The van der Waals surface area contributed by atoms with E-state index in [2.05, 4.69) is 189 Å². The zero-order valence-corrected chi connectivity index (χ0v) is 31.0. The maximum absolute atomic E-state index is 9.19. The summed E-state index contributed by atoms with van der Waals surface area (Å²) >= 11 is 0. The van der Waals surface area contributed by atoms with Gasteiger partial charge in [0.05, 0.1) is 7.92 Å². The van der Waals surface area contributed by atoms with Crippen molar-refractivity contribution in [2.75, 3.05) is 0 Å². The van der Waals surface area contributed by atoms with Crippen LogP contribution in [-0.4, -0.2) is 5.11 Å². The van der Waals surface area contributed by atoms with Crippen LogP contribution in [0.15, 0.2) is 219 Å². The van der Waals surface area contributed by atoms with Crippen molar-refractivity contribution >= 4 is 47.7 Å². The Labute approximate surface area is 307 Å². The first-order valence-corrected chi connectivity index (χ1v) is 18.9. The van der Waals surface area contributed by atoms with Gasteiger partial charge >= 0.3 is 0 Å². The zero-order valence-electron chi connectivity index (χ0n) is 27.4. The molecule has 0 saturated heterocycles. The van der Waals surface area contributed by atoms with Gasteiger partial charge in [0.2, 0.25) is 0 Å². The Bertz CT molecular complexity index is 1600. The van der Waals surface area contributed by atoms with E-state index in [1.807, 2.05) is 18.2 Å². The molecule has 0 atom stereocenters. The smallest absolute Gasteiger partial charge is 0.119 e. The van der Waals surface area contributed by atoms with Crippen molar-refractivity contribution in [2.24, 2.45) is 0 Å². The van der Waals surface area contributed by atoms with Crippen LogP contribution in [0.1, 0.15) is 5.56 Å². The van der Waals surface area contributed by atoms with Crippen LogP contribution >= 0.6 is 15.8 Å². The second kappa shape index (κ2) is 20.8. The van der Waals surface area contributed by atoms with Gasteiger partial charge in [0, 0.05) is 19.5 Å². The minimum atomic E-state index is -0.877. The molecule has 4 heteroatoms. The third-order valence-electron chi connectivity index (χ3n) is 7.59. The molecule has 7 rings (SSSR count). The minimum absolute atomic E-state index is 0. The van der Waals surface area contributed by atoms with Crippen LogP contribution in [0.5, 0.6) is 5.75 Å². The summed E-state index contributed by atoms with van der Waals surface area (Å²) in [5.41, 5.74) is 0.928. The summed E-state index contributed by atoms with van der Waals surface area (Å²) in [6, 6.07) is 72.1. The number of phenols is 1. The van der Waals surface area contributed by atoms with Gasteiger partial charge in [0.25, 0.3) is 0 Å². The summed E-state index contributed by atoms with van der Waals surface area (Å²) in [5.74, 6) is 0.349. The van der Waals surface area contributed by atoms with Crippen molar-refractivity contribution in [2.45, 2.75) is 6.42 Å².